The number of benzene rings is 1. The first kappa shape index (κ1) is 15.5. The molecule has 1 aliphatic heterocycles. The Morgan fingerprint density at radius 3 is 2.48 bits per heavy atom. The van der Waals surface area contributed by atoms with Crippen LogP contribution in [0.5, 0.6) is 5.88 Å². The van der Waals surface area contributed by atoms with Gasteiger partial charge in [-0.1, -0.05) is 12.8 Å². The lowest BCUT2D eigenvalue weighted by Gasteiger charge is -2.17. The Hall–Kier alpha value is -2.41. The highest BCUT2D eigenvalue weighted by Crippen LogP contribution is 2.34. The Kier molecular flexibility index (Phi) is 4.04. The molecule has 0 atom stereocenters. The Morgan fingerprint density at radius 2 is 1.87 bits per heavy atom. The number of hydrogen-bond donors (Lipinski definition) is 1. The average Bonchev–Trinajstić information content (AvgIpc) is 2.80. The van der Waals surface area contributed by atoms with Crippen molar-refractivity contribution in [2.45, 2.75) is 53.1 Å². The summed E-state index contributed by atoms with van der Waals surface area (Å²) in [6, 6.07) is 4.02. The minimum Gasteiger partial charge on any atom is -0.493 e. The molecule has 0 aliphatic carbocycles. The molecule has 1 aromatic carbocycles. The number of hydrogen-bond acceptors (Lipinski definition) is 2. The zero-order chi connectivity index (χ0) is 16.6. The third-order valence-corrected chi connectivity index (χ3v) is 4.52. The summed E-state index contributed by atoms with van der Waals surface area (Å²) >= 11 is 0. The molecule has 0 spiro atoms. The number of aromatic nitrogens is 2. The highest BCUT2D eigenvalue weighted by atomic mass is 16.3. The molecule has 2 heterocycles. The first-order chi connectivity index (χ1) is 11.1. The number of aryl methyl sites for hydroxylation is 2. The number of nitrogens with zero attached hydrogens (tertiary/aromatic N) is 2. The van der Waals surface area contributed by atoms with E-state index in [0.29, 0.717) is 18.7 Å². The third-order valence-electron chi connectivity index (χ3n) is 4.52. The Bertz CT molecular complexity index is 875. The Morgan fingerprint density at radius 1 is 1.17 bits per heavy atom. The predicted octanol–water partition coefficient (Wildman–Crippen LogP) is 3.06. The molecule has 0 saturated heterocycles. The molecule has 3 rings (SSSR count). The van der Waals surface area contributed by atoms with Crippen LogP contribution in [-0.4, -0.2) is 14.5 Å². The van der Waals surface area contributed by atoms with Crippen molar-refractivity contribution in [2.24, 2.45) is 0 Å². The van der Waals surface area contributed by atoms with Crippen LogP contribution in [0.15, 0.2) is 16.9 Å². The van der Waals surface area contributed by atoms with E-state index in [1.165, 1.54) is 0 Å². The smallest absolute Gasteiger partial charge is 0.278 e. The second-order valence-electron chi connectivity index (χ2n) is 6.01. The molecule has 0 bridgehead atoms. The minimum absolute atomic E-state index is 0.0886. The molecular weight excluding hydrogens is 288 g/mol. The predicted molar refractivity (Wildman–Crippen MR) is 91.7 cm³/mol. The van der Waals surface area contributed by atoms with Crippen molar-refractivity contribution in [1.82, 2.24) is 9.36 Å². The van der Waals surface area contributed by atoms with Gasteiger partial charge in [0.1, 0.15) is 5.56 Å². The van der Waals surface area contributed by atoms with Crippen molar-refractivity contribution in [2.75, 3.05) is 0 Å². The average molecular weight is 310 g/mol. The van der Waals surface area contributed by atoms with Gasteiger partial charge < -0.3 is 5.11 Å². The van der Waals surface area contributed by atoms with E-state index in [1.807, 2.05) is 26.0 Å². The maximum Gasteiger partial charge on any atom is 0.278 e. The van der Waals surface area contributed by atoms with E-state index in [-0.39, 0.29) is 11.4 Å². The molecule has 0 amide bonds. The molecule has 0 fully saturated rings. The zero-order valence-corrected chi connectivity index (χ0v) is 13.9. The van der Waals surface area contributed by atoms with Crippen molar-refractivity contribution in [3.8, 4) is 28.8 Å². The second kappa shape index (κ2) is 6.00. The minimum atomic E-state index is -0.0886. The lowest BCUT2D eigenvalue weighted by atomic mass is 9.93. The van der Waals surface area contributed by atoms with Gasteiger partial charge in [-0.25, -0.2) is 4.68 Å². The molecule has 23 heavy (non-hydrogen) atoms. The Balaban J connectivity index is 2.29. The first-order valence-corrected chi connectivity index (χ1v) is 8.17. The topological polar surface area (TPSA) is 47.2 Å². The van der Waals surface area contributed by atoms with Gasteiger partial charge in [0.25, 0.3) is 5.56 Å². The Labute approximate surface area is 136 Å². The van der Waals surface area contributed by atoms with Crippen molar-refractivity contribution in [3.63, 3.8) is 0 Å². The van der Waals surface area contributed by atoms with Crippen LogP contribution in [0.3, 0.4) is 0 Å². The highest BCUT2D eigenvalue weighted by Gasteiger charge is 2.25. The fourth-order valence-corrected chi connectivity index (χ4v) is 3.48. The van der Waals surface area contributed by atoms with Gasteiger partial charge in [0.05, 0.1) is 0 Å². The maximum absolute atomic E-state index is 12.8. The van der Waals surface area contributed by atoms with Gasteiger partial charge in [-0.05, 0) is 61.9 Å². The van der Waals surface area contributed by atoms with Gasteiger partial charge in [-0.2, -0.15) is 0 Å². The first-order valence-electron chi connectivity index (χ1n) is 8.17. The van der Waals surface area contributed by atoms with Gasteiger partial charge in [0, 0.05) is 18.7 Å². The zero-order valence-electron chi connectivity index (χ0n) is 13.9. The van der Waals surface area contributed by atoms with Crippen LogP contribution < -0.4 is 5.56 Å². The van der Waals surface area contributed by atoms with Gasteiger partial charge in [0.15, 0.2) is 0 Å². The molecule has 0 unspecified atom stereocenters. The lowest BCUT2D eigenvalue weighted by Crippen LogP contribution is -2.27. The normalized spacial score (nSPS) is 13.3. The van der Waals surface area contributed by atoms with Crippen LogP contribution in [0, 0.1) is 18.8 Å². The molecule has 2 aromatic rings. The third kappa shape index (κ3) is 2.46. The summed E-state index contributed by atoms with van der Waals surface area (Å²) in [4.78, 5) is 12.8. The molecule has 4 heteroatoms. The fraction of sp³-hybridized carbons (Fsp3) is 0.421. The second-order valence-corrected chi connectivity index (χ2v) is 6.01. The van der Waals surface area contributed by atoms with Crippen LogP contribution in [0.1, 0.15) is 43.4 Å². The van der Waals surface area contributed by atoms with Crippen LogP contribution in [0.25, 0.3) is 11.1 Å². The molecule has 1 N–H and O–H groups in total. The molecule has 0 saturated carbocycles. The summed E-state index contributed by atoms with van der Waals surface area (Å²) in [6.07, 6.45) is 2.76. The summed E-state index contributed by atoms with van der Waals surface area (Å²) in [6.45, 7) is 7.23. The number of rotatable bonds is 2. The van der Waals surface area contributed by atoms with Crippen molar-refractivity contribution in [3.05, 3.63) is 39.2 Å². The molecular formula is C19H22N2O2. The highest BCUT2D eigenvalue weighted by molar-refractivity contribution is 5.75. The van der Waals surface area contributed by atoms with Gasteiger partial charge in [0.2, 0.25) is 5.88 Å². The molecule has 0 radical (unpaired) electrons. The van der Waals surface area contributed by atoms with Crippen LogP contribution >= 0.6 is 0 Å². The summed E-state index contributed by atoms with van der Waals surface area (Å²) in [5.41, 5.74) is 4.21. The summed E-state index contributed by atoms with van der Waals surface area (Å²) in [7, 11) is 0. The number of fused-ring (bicyclic) bond motifs is 1. The molecule has 1 aromatic heterocycles. The van der Waals surface area contributed by atoms with E-state index >= 15 is 0 Å². The van der Waals surface area contributed by atoms with Gasteiger partial charge in [-0.15, -0.1) is 5.92 Å². The van der Waals surface area contributed by atoms with Crippen LogP contribution in [0.2, 0.25) is 0 Å². The van der Waals surface area contributed by atoms with E-state index < -0.39 is 0 Å². The molecule has 1 aliphatic rings. The van der Waals surface area contributed by atoms with E-state index in [4.69, 9.17) is 0 Å². The van der Waals surface area contributed by atoms with Crippen molar-refractivity contribution in [1.29, 1.82) is 0 Å². The lowest BCUT2D eigenvalue weighted by molar-refractivity contribution is 0.305. The largest absolute Gasteiger partial charge is 0.493 e. The summed E-state index contributed by atoms with van der Waals surface area (Å²) in [5.74, 6) is 6.09. The summed E-state index contributed by atoms with van der Waals surface area (Å²) in [5, 5.41) is 10.6. The van der Waals surface area contributed by atoms with Gasteiger partial charge >= 0.3 is 0 Å². The van der Waals surface area contributed by atoms with E-state index in [9.17, 15) is 9.90 Å². The van der Waals surface area contributed by atoms with Crippen molar-refractivity contribution >= 4 is 0 Å². The summed E-state index contributed by atoms with van der Waals surface area (Å²) < 4.78 is 3.40. The number of aromatic hydroxyl groups is 1. The fourth-order valence-electron chi connectivity index (χ4n) is 3.48. The monoisotopic (exact) mass is 310 g/mol. The maximum atomic E-state index is 12.8. The van der Waals surface area contributed by atoms with Crippen LogP contribution in [-0.2, 0) is 19.5 Å². The quantitative estimate of drug-likeness (QED) is 0.867. The van der Waals surface area contributed by atoms with E-state index in [2.05, 4.69) is 18.8 Å². The molecule has 4 nitrogen and oxygen atoms in total. The van der Waals surface area contributed by atoms with Crippen LogP contribution in [0.4, 0.5) is 0 Å². The standard InChI is InChI=1S/C19H22N2O2/c1-4-8-14-11-13(3)16(15(5-2)12-14)17-18(22)20-9-6-7-10-21(20)19(17)23/h11-12,22H,5-7,9-10H2,1-3H3. The van der Waals surface area contributed by atoms with E-state index in [0.717, 1.165) is 41.5 Å². The molecule has 120 valence electrons. The van der Waals surface area contributed by atoms with E-state index in [1.54, 1.807) is 9.36 Å². The van der Waals surface area contributed by atoms with Gasteiger partial charge in [-0.3, -0.25) is 9.48 Å². The SMILES string of the molecule is CC#Cc1cc(C)c(-c2c(O)n3n(c2=O)CCCC3)c(CC)c1. The van der Waals surface area contributed by atoms with Crippen molar-refractivity contribution < 1.29 is 5.11 Å².